The fourth-order valence-corrected chi connectivity index (χ4v) is 2.93. The van der Waals surface area contributed by atoms with Crippen molar-refractivity contribution < 1.29 is 19.0 Å². The van der Waals surface area contributed by atoms with Gasteiger partial charge in [0.1, 0.15) is 12.4 Å². The number of allylic oxidation sites excluding steroid dienone is 1. The third-order valence-corrected chi connectivity index (χ3v) is 4.52. The molecule has 0 unspecified atom stereocenters. The predicted octanol–water partition coefficient (Wildman–Crippen LogP) is 4.53. The molecule has 0 radical (unpaired) electrons. The van der Waals surface area contributed by atoms with Gasteiger partial charge < -0.3 is 14.2 Å². The zero-order chi connectivity index (χ0) is 22.6. The molecule has 0 atom stereocenters. The number of nitrogens with one attached hydrogen (secondary N) is 1. The van der Waals surface area contributed by atoms with E-state index in [4.69, 9.17) is 14.2 Å². The third kappa shape index (κ3) is 6.74. The van der Waals surface area contributed by atoms with Crippen molar-refractivity contribution in [2.24, 2.45) is 5.10 Å². The normalized spacial score (nSPS) is 10.5. The maximum absolute atomic E-state index is 12.1. The number of carbonyl (C=O) groups is 1. The molecule has 0 saturated heterocycles. The SMILES string of the molecule is C=CCc1ccc(OCC(=O)N/N=C\c2ccccc2OCc2ccccc2)c(OC)c1. The molecule has 1 N–H and O–H groups in total. The molecule has 0 saturated carbocycles. The lowest BCUT2D eigenvalue weighted by Gasteiger charge is -2.11. The lowest BCUT2D eigenvalue weighted by Crippen LogP contribution is -2.24. The summed E-state index contributed by atoms with van der Waals surface area (Å²) in [6.45, 7) is 3.98. The van der Waals surface area contributed by atoms with E-state index in [2.05, 4.69) is 17.1 Å². The summed E-state index contributed by atoms with van der Waals surface area (Å²) in [6.07, 6.45) is 4.08. The second-order valence-electron chi connectivity index (χ2n) is 6.87. The maximum atomic E-state index is 12.1. The van der Waals surface area contributed by atoms with E-state index >= 15 is 0 Å². The van der Waals surface area contributed by atoms with Gasteiger partial charge in [-0.05, 0) is 41.8 Å². The molecule has 164 valence electrons. The Labute approximate surface area is 188 Å². The largest absolute Gasteiger partial charge is 0.493 e. The molecule has 0 aliphatic carbocycles. The quantitative estimate of drug-likeness (QED) is 0.276. The first-order chi connectivity index (χ1) is 15.7. The van der Waals surface area contributed by atoms with Crippen molar-refractivity contribution in [3.63, 3.8) is 0 Å². The smallest absolute Gasteiger partial charge is 0.277 e. The predicted molar refractivity (Wildman–Crippen MR) is 125 cm³/mol. The highest BCUT2D eigenvalue weighted by atomic mass is 16.5. The van der Waals surface area contributed by atoms with Gasteiger partial charge in [-0.25, -0.2) is 5.43 Å². The highest BCUT2D eigenvalue weighted by Crippen LogP contribution is 2.28. The molecule has 1 amide bonds. The highest BCUT2D eigenvalue weighted by molar-refractivity contribution is 5.85. The van der Waals surface area contributed by atoms with Crippen molar-refractivity contribution in [2.45, 2.75) is 13.0 Å². The lowest BCUT2D eigenvalue weighted by molar-refractivity contribution is -0.123. The number of methoxy groups -OCH3 is 1. The van der Waals surface area contributed by atoms with Crippen molar-refractivity contribution in [3.8, 4) is 17.2 Å². The Bertz CT molecular complexity index is 1060. The Morgan fingerprint density at radius 3 is 2.50 bits per heavy atom. The molecular formula is C26H26N2O4. The van der Waals surface area contributed by atoms with E-state index in [0.29, 0.717) is 23.9 Å². The van der Waals surface area contributed by atoms with Crippen molar-refractivity contribution in [2.75, 3.05) is 13.7 Å². The Morgan fingerprint density at radius 2 is 1.72 bits per heavy atom. The number of nitrogens with zero attached hydrogens (tertiary/aromatic N) is 1. The summed E-state index contributed by atoms with van der Waals surface area (Å²) < 4.78 is 16.8. The number of para-hydroxylation sites is 1. The average Bonchev–Trinajstić information content (AvgIpc) is 2.83. The van der Waals surface area contributed by atoms with Crippen LogP contribution in [0.2, 0.25) is 0 Å². The molecular weight excluding hydrogens is 404 g/mol. The van der Waals surface area contributed by atoms with E-state index in [1.54, 1.807) is 19.4 Å². The van der Waals surface area contributed by atoms with Crippen LogP contribution in [0.5, 0.6) is 17.2 Å². The molecule has 0 fully saturated rings. The molecule has 0 spiro atoms. The van der Waals surface area contributed by atoms with Crippen LogP contribution in [0.1, 0.15) is 16.7 Å². The summed E-state index contributed by atoms with van der Waals surface area (Å²) in [6, 6.07) is 22.9. The Balaban J connectivity index is 1.53. The van der Waals surface area contributed by atoms with Gasteiger partial charge in [0, 0.05) is 5.56 Å². The minimum Gasteiger partial charge on any atom is -0.493 e. The molecule has 0 heterocycles. The molecule has 3 rings (SSSR count). The van der Waals surface area contributed by atoms with Crippen LogP contribution in [0.4, 0.5) is 0 Å². The van der Waals surface area contributed by atoms with Crippen LogP contribution in [-0.2, 0) is 17.8 Å². The molecule has 0 bridgehead atoms. The van der Waals surface area contributed by atoms with Crippen LogP contribution in [0.15, 0.2) is 90.6 Å². The van der Waals surface area contributed by atoms with Crippen LogP contribution < -0.4 is 19.6 Å². The van der Waals surface area contributed by atoms with Gasteiger partial charge in [-0.15, -0.1) is 6.58 Å². The lowest BCUT2D eigenvalue weighted by atomic mass is 10.1. The van der Waals surface area contributed by atoms with Gasteiger partial charge in [-0.2, -0.15) is 5.10 Å². The van der Waals surface area contributed by atoms with E-state index in [0.717, 1.165) is 23.1 Å². The van der Waals surface area contributed by atoms with Crippen molar-refractivity contribution in [3.05, 3.63) is 102 Å². The van der Waals surface area contributed by atoms with Crippen LogP contribution in [0.25, 0.3) is 0 Å². The number of ether oxygens (including phenoxy) is 3. The van der Waals surface area contributed by atoms with Gasteiger partial charge in [0.15, 0.2) is 18.1 Å². The highest BCUT2D eigenvalue weighted by Gasteiger charge is 2.08. The number of rotatable bonds is 11. The van der Waals surface area contributed by atoms with Crippen LogP contribution in [0, 0.1) is 0 Å². The van der Waals surface area contributed by atoms with Crippen molar-refractivity contribution in [1.82, 2.24) is 5.43 Å². The molecule has 6 nitrogen and oxygen atoms in total. The van der Waals surface area contributed by atoms with Crippen LogP contribution in [-0.4, -0.2) is 25.8 Å². The van der Waals surface area contributed by atoms with Crippen molar-refractivity contribution in [1.29, 1.82) is 0 Å². The molecule has 0 aliphatic heterocycles. The first kappa shape index (κ1) is 22.6. The van der Waals surface area contributed by atoms with Gasteiger partial charge in [0.2, 0.25) is 0 Å². The zero-order valence-electron chi connectivity index (χ0n) is 18.0. The van der Waals surface area contributed by atoms with Gasteiger partial charge >= 0.3 is 0 Å². The van der Waals surface area contributed by atoms with E-state index < -0.39 is 0 Å². The van der Waals surface area contributed by atoms with Gasteiger partial charge in [0.25, 0.3) is 5.91 Å². The minimum absolute atomic E-state index is 0.194. The number of benzene rings is 3. The van der Waals surface area contributed by atoms with Gasteiger partial charge in [-0.3, -0.25) is 4.79 Å². The van der Waals surface area contributed by atoms with Crippen LogP contribution >= 0.6 is 0 Å². The summed E-state index contributed by atoms with van der Waals surface area (Å²) in [5, 5.41) is 4.02. The average molecular weight is 431 g/mol. The van der Waals surface area contributed by atoms with E-state index in [-0.39, 0.29) is 12.5 Å². The molecule has 0 aliphatic rings. The number of hydrogen-bond acceptors (Lipinski definition) is 5. The number of hydrazone groups is 1. The standard InChI is InChI=1S/C26H26N2O4/c1-3-9-20-14-15-24(25(16-20)30-2)32-19-26(29)28-27-17-22-12-7-8-13-23(22)31-18-21-10-5-4-6-11-21/h3-8,10-17H,1,9,18-19H2,2H3,(H,28,29)/b27-17-. The zero-order valence-corrected chi connectivity index (χ0v) is 18.0. The summed E-state index contributed by atoms with van der Waals surface area (Å²) in [4.78, 5) is 12.1. The molecule has 3 aromatic carbocycles. The third-order valence-electron chi connectivity index (χ3n) is 4.52. The first-order valence-corrected chi connectivity index (χ1v) is 10.2. The summed E-state index contributed by atoms with van der Waals surface area (Å²) in [7, 11) is 1.56. The molecule has 3 aromatic rings. The van der Waals surface area contributed by atoms with Gasteiger partial charge in [0.05, 0.1) is 13.3 Å². The molecule has 32 heavy (non-hydrogen) atoms. The number of carbonyl (C=O) groups excluding carboxylic acids is 1. The van der Waals surface area contributed by atoms with Crippen molar-refractivity contribution >= 4 is 12.1 Å². The van der Waals surface area contributed by atoms with Crippen LogP contribution in [0.3, 0.4) is 0 Å². The summed E-state index contributed by atoms with van der Waals surface area (Å²) in [5.74, 6) is 1.33. The minimum atomic E-state index is -0.388. The summed E-state index contributed by atoms with van der Waals surface area (Å²) in [5.41, 5.74) is 5.34. The molecule has 6 heteroatoms. The molecule has 0 aromatic heterocycles. The Morgan fingerprint density at radius 1 is 0.938 bits per heavy atom. The Kier molecular flexibility index (Phi) is 8.45. The number of amides is 1. The monoisotopic (exact) mass is 430 g/mol. The second-order valence-corrected chi connectivity index (χ2v) is 6.87. The fourth-order valence-electron chi connectivity index (χ4n) is 2.93. The summed E-state index contributed by atoms with van der Waals surface area (Å²) >= 11 is 0. The van der Waals surface area contributed by atoms with Gasteiger partial charge in [-0.1, -0.05) is 54.6 Å². The number of hydrogen-bond donors (Lipinski definition) is 1. The Hall–Kier alpha value is -4.06. The van der Waals surface area contributed by atoms with E-state index in [1.807, 2.05) is 72.8 Å². The second kappa shape index (κ2) is 12.0. The topological polar surface area (TPSA) is 69.2 Å². The fraction of sp³-hybridized carbons (Fsp3) is 0.154. The maximum Gasteiger partial charge on any atom is 0.277 e. The van der Waals surface area contributed by atoms with E-state index in [9.17, 15) is 4.79 Å². The van der Waals surface area contributed by atoms with E-state index in [1.165, 1.54) is 0 Å². The first-order valence-electron chi connectivity index (χ1n) is 10.2.